The van der Waals surface area contributed by atoms with E-state index in [1.54, 1.807) is 0 Å². The van der Waals surface area contributed by atoms with Crippen molar-refractivity contribution in [2.24, 2.45) is 0 Å². The molecule has 1 heteroatoms. The summed E-state index contributed by atoms with van der Waals surface area (Å²) in [5.74, 6) is 0.594. The van der Waals surface area contributed by atoms with E-state index in [0.29, 0.717) is 18.1 Å². The van der Waals surface area contributed by atoms with Crippen LogP contribution in [0.1, 0.15) is 31.7 Å². The molecule has 0 saturated carbocycles. The molecule has 1 aliphatic heterocycles. The van der Waals surface area contributed by atoms with Crippen molar-refractivity contribution in [3.8, 4) is 0 Å². The maximum Gasteiger partial charge on any atom is 0.0620 e. The Morgan fingerprint density at radius 2 is 1.85 bits per heavy atom. The van der Waals surface area contributed by atoms with Crippen LogP contribution in [-0.4, -0.2) is 12.2 Å². The van der Waals surface area contributed by atoms with E-state index in [4.69, 9.17) is 4.74 Å². The number of benzene rings is 1. The molecule has 0 aliphatic carbocycles. The Labute approximate surface area is 79.7 Å². The van der Waals surface area contributed by atoms with Crippen LogP contribution in [0.4, 0.5) is 0 Å². The summed E-state index contributed by atoms with van der Waals surface area (Å²) in [5.41, 5.74) is 1.42. The van der Waals surface area contributed by atoms with Gasteiger partial charge in [-0.05, 0) is 25.8 Å². The first-order valence-electron chi connectivity index (χ1n) is 4.98. The van der Waals surface area contributed by atoms with Gasteiger partial charge < -0.3 is 4.74 Å². The second-order valence-electron chi connectivity index (χ2n) is 3.90. The van der Waals surface area contributed by atoms with E-state index in [9.17, 15) is 0 Å². The highest BCUT2D eigenvalue weighted by Crippen LogP contribution is 2.34. The standard InChI is InChI=1S/C12H16O/c1-9-8-12(10(2)13-9)11-6-4-3-5-7-11/h3-7,9-10,12H,8H2,1-2H3/t9-,10+,12-/m0/s1. The minimum atomic E-state index is 0.373. The van der Waals surface area contributed by atoms with Crippen LogP contribution >= 0.6 is 0 Å². The zero-order chi connectivity index (χ0) is 9.26. The van der Waals surface area contributed by atoms with Gasteiger partial charge >= 0.3 is 0 Å². The van der Waals surface area contributed by atoms with Gasteiger partial charge in [0.25, 0.3) is 0 Å². The molecule has 0 spiro atoms. The van der Waals surface area contributed by atoms with Gasteiger partial charge in [0.05, 0.1) is 12.2 Å². The number of hydrogen-bond donors (Lipinski definition) is 0. The molecule has 0 radical (unpaired) electrons. The van der Waals surface area contributed by atoms with Crippen molar-refractivity contribution >= 4 is 0 Å². The third-order valence-corrected chi connectivity index (χ3v) is 2.83. The molecule has 0 bridgehead atoms. The summed E-state index contributed by atoms with van der Waals surface area (Å²) in [6.45, 7) is 4.32. The van der Waals surface area contributed by atoms with Crippen LogP contribution in [0, 0.1) is 0 Å². The van der Waals surface area contributed by atoms with Gasteiger partial charge in [-0.1, -0.05) is 30.3 Å². The number of hydrogen-bond acceptors (Lipinski definition) is 1. The normalized spacial score (nSPS) is 33.5. The first-order chi connectivity index (χ1) is 6.27. The lowest BCUT2D eigenvalue weighted by molar-refractivity contribution is 0.0632. The lowest BCUT2D eigenvalue weighted by atomic mass is 9.92. The van der Waals surface area contributed by atoms with Gasteiger partial charge in [-0.15, -0.1) is 0 Å². The van der Waals surface area contributed by atoms with Gasteiger partial charge in [0.2, 0.25) is 0 Å². The fourth-order valence-corrected chi connectivity index (χ4v) is 2.17. The highest BCUT2D eigenvalue weighted by molar-refractivity contribution is 5.21. The molecule has 3 atom stereocenters. The molecule has 0 N–H and O–H groups in total. The van der Waals surface area contributed by atoms with Crippen molar-refractivity contribution in [1.29, 1.82) is 0 Å². The Bertz CT molecular complexity index is 268. The highest BCUT2D eigenvalue weighted by Gasteiger charge is 2.30. The zero-order valence-corrected chi connectivity index (χ0v) is 8.23. The highest BCUT2D eigenvalue weighted by atomic mass is 16.5. The molecule has 0 aromatic heterocycles. The van der Waals surface area contributed by atoms with Crippen LogP contribution in [0.2, 0.25) is 0 Å². The Balaban J connectivity index is 2.18. The fraction of sp³-hybridized carbons (Fsp3) is 0.500. The minimum Gasteiger partial charge on any atom is -0.375 e. The van der Waals surface area contributed by atoms with E-state index >= 15 is 0 Å². The Hall–Kier alpha value is -0.820. The van der Waals surface area contributed by atoms with E-state index in [0.717, 1.165) is 6.42 Å². The SMILES string of the molecule is C[C@H]1C[C@H](c2ccccc2)[C@@H](C)O1. The fourth-order valence-electron chi connectivity index (χ4n) is 2.17. The lowest BCUT2D eigenvalue weighted by Gasteiger charge is -2.13. The minimum absolute atomic E-state index is 0.373. The molecule has 1 aromatic rings. The largest absolute Gasteiger partial charge is 0.375 e. The van der Waals surface area contributed by atoms with E-state index in [1.807, 2.05) is 0 Å². The van der Waals surface area contributed by atoms with Crippen LogP contribution in [0.25, 0.3) is 0 Å². The van der Waals surface area contributed by atoms with Gasteiger partial charge in [0.1, 0.15) is 0 Å². The van der Waals surface area contributed by atoms with Gasteiger partial charge in [0, 0.05) is 5.92 Å². The van der Waals surface area contributed by atoms with Crippen molar-refractivity contribution in [2.75, 3.05) is 0 Å². The third kappa shape index (κ3) is 1.75. The van der Waals surface area contributed by atoms with Gasteiger partial charge in [-0.2, -0.15) is 0 Å². The number of rotatable bonds is 1. The summed E-state index contributed by atoms with van der Waals surface area (Å²) in [6.07, 6.45) is 1.95. The predicted molar refractivity (Wildman–Crippen MR) is 53.8 cm³/mol. The van der Waals surface area contributed by atoms with Crippen LogP contribution in [0.5, 0.6) is 0 Å². The van der Waals surface area contributed by atoms with Crippen LogP contribution in [-0.2, 0) is 4.74 Å². The molecule has 0 unspecified atom stereocenters. The van der Waals surface area contributed by atoms with Gasteiger partial charge in [-0.25, -0.2) is 0 Å². The molecule has 1 heterocycles. The topological polar surface area (TPSA) is 9.23 Å². The Kier molecular flexibility index (Phi) is 2.36. The van der Waals surface area contributed by atoms with Crippen LogP contribution in [0.3, 0.4) is 0 Å². The molecule has 0 amide bonds. The molecular weight excluding hydrogens is 160 g/mol. The summed E-state index contributed by atoms with van der Waals surface area (Å²) in [7, 11) is 0. The van der Waals surface area contributed by atoms with Gasteiger partial charge in [-0.3, -0.25) is 0 Å². The van der Waals surface area contributed by atoms with E-state index in [2.05, 4.69) is 44.2 Å². The molecule has 1 nitrogen and oxygen atoms in total. The van der Waals surface area contributed by atoms with E-state index in [-0.39, 0.29) is 0 Å². The second-order valence-corrected chi connectivity index (χ2v) is 3.90. The molecule has 1 aliphatic rings. The monoisotopic (exact) mass is 176 g/mol. The number of ether oxygens (including phenoxy) is 1. The zero-order valence-electron chi connectivity index (χ0n) is 8.23. The second kappa shape index (κ2) is 3.51. The van der Waals surface area contributed by atoms with Crippen molar-refractivity contribution < 1.29 is 4.74 Å². The van der Waals surface area contributed by atoms with Crippen LogP contribution < -0.4 is 0 Å². The average Bonchev–Trinajstić information content (AvgIpc) is 2.47. The quantitative estimate of drug-likeness (QED) is 0.639. The lowest BCUT2D eigenvalue weighted by Crippen LogP contribution is -2.09. The maximum absolute atomic E-state index is 5.73. The first-order valence-corrected chi connectivity index (χ1v) is 4.98. The summed E-state index contributed by atoms with van der Waals surface area (Å²) < 4.78 is 5.73. The molecule has 1 saturated heterocycles. The Morgan fingerprint density at radius 3 is 2.38 bits per heavy atom. The molecule has 13 heavy (non-hydrogen) atoms. The Morgan fingerprint density at radius 1 is 1.15 bits per heavy atom. The van der Waals surface area contributed by atoms with Crippen molar-refractivity contribution in [3.63, 3.8) is 0 Å². The smallest absolute Gasteiger partial charge is 0.0620 e. The summed E-state index contributed by atoms with van der Waals surface area (Å²) >= 11 is 0. The van der Waals surface area contributed by atoms with Gasteiger partial charge in [0.15, 0.2) is 0 Å². The summed E-state index contributed by atoms with van der Waals surface area (Å²) in [6, 6.07) is 10.7. The molecule has 70 valence electrons. The van der Waals surface area contributed by atoms with E-state index < -0.39 is 0 Å². The van der Waals surface area contributed by atoms with Crippen molar-refractivity contribution in [2.45, 2.75) is 38.4 Å². The molecule has 1 aromatic carbocycles. The van der Waals surface area contributed by atoms with E-state index in [1.165, 1.54) is 5.56 Å². The van der Waals surface area contributed by atoms with Crippen molar-refractivity contribution in [3.05, 3.63) is 35.9 Å². The maximum atomic E-state index is 5.73. The third-order valence-electron chi connectivity index (χ3n) is 2.83. The average molecular weight is 176 g/mol. The summed E-state index contributed by atoms with van der Waals surface area (Å²) in [4.78, 5) is 0. The summed E-state index contributed by atoms with van der Waals surface area (Å²) in [5, 5.41) is 0. The molecule has 2 rings (SSSR count). The first kappa shape index (κ1) is 8.76. The van der Waals surface area contributed by atoms with Crippen LogP contribution in [0.15, 0.2) is 30.3 Å². The molecular formula is C12H16O. The predicted octanol–water partition coefficient (Wildman–Crippen LogP) is 2.97. The molecule has 1 fully saturated rings. The van der Waals surface area contributed by atoms with Crippen molar-refractivity contribution in [1.82, 2.24) is 0 Å².